The average molecular weight is 245 g/mol. The molecule has 1 amide bonds. The van der Waals surface area contributed by atoms with E-state index in [0.29, 0.717) is 6.42 Å². The van der Waals surface area contributed by atoms with Crippen LogP contribution in [0.1, 0.15) is 40.5 Å². The molecule has 5 nitrogen and oxygen atoms in total. The summed E-state index contributed by atoms with van der Waals surface area (Å²) in [4.78, 5) is 22.6. The molecule has 5 heteroatoms. The van der Waals surface area contributed by atoms with Crippen LogP contribution in [0.25, 0.3) is 0 Å². The van der Waals surface area contributed by atoms with Crippen LogP contribution in [0, 0.1) is 5.92 Å². The van der Waals surface area contributed by atoms with Gasteiger partial charge in [0.2, 0.25) is 5.91 Å². The molecule has 0 aromatic heterocycles. The van der Waals surface area contributed by atoms with Crippen LogP contribution in [0.5, 0.6) is 0 Å². The Morgan fingerprint density at radius 3 is 2.24 bits per heavy atom. The van der Waals surface area contributed by atoms with Crippen molar-refractivity contribution in [2.45, 2.75) is 52.2 Å². The van der Waals surface area contributed by atoms with E-state index in [-0.39, 0.29) is 18.2 Å². The van der Waals surface area contributed by atoms with Gasteiger partial charge >= 0.3 is 5.97 Å². The van der Waals surface area contributed by atoms with E-state index < -0.39 is 17.6 Å². The van der Waals surface area contributed by atoms with Gasteiger partial charge in [0, 0.05) is 7.11 Å². The minimum absolute atomic E-state index is 0.144. The molecule has 0 aliphatic heterocycles. The van der Waals surface area contributed by atoms with Crippen LogP contribution in [0.15, 0.2) is 0 Å². The van der Waals surface area contributed by atoms with Crippen LogP contribution in [-0.2, 0) is 14.3 Å². The molecule has 100 valence electrons. The second-order valence-electron chi connectivity index (χ2n) is 5.23. The number of nitrogens with one attached hydrogen (secondary N) is 1. The second kappa shape index (κ2) is 6.59. The Labute approximate surface area is 103 Å². The van der Waals surface area contributed by atoms with Crippen molar-refractivity contribution in [2.75, 3.05) is 7.11 Å². The maximum absolute atomic E-state index is 11.7. The van der Waals surface area contributed by atoms with Crippen molar-refractivity contribution in [2.24, 2.45) is 5.92 Å². The zero-order valence-corrected chi connectivity index (χ0v) is 11.2. The van der Waals surface area contributed by atoms with E-state index in [1.54, 1.807) is 13.8 Å². The van der Waals surface area contributed by atoms with Crippen LogP contribution in [-0.4, -0.2) is 35.7 Å². The number of hydrogen-bond donors (Lipinski definition) is 2. The van der Waals surface area contributed by atoms with Crippen LogP contribution in [0.4, 0.5) is 0 Å². The summed E-state index contributed by atoms with van der Waals surface area (Å²) in [5.74, 6) is -1.08. The van der Waals surface area contributed by atoms with Gasteiger partial charge in [-0.25, -0.2) is 4.79 Å². The largest absolute Gasteiger partial charge is 0.480 e. The van der Waals surface area contributed by atoms with Gasteiger partial charge in [-0.05, 0) is 26.2 Å². The minimum Gasteiger partial charge on any atom is -0.480 e. The fourth-order valence-electron chi connectivity index (χ4n) is 1.40. The van der Waals surface area contributed by atoms with E-state index in [0.717, 1.165) is 0 Å². The first-order valence-electron chi connectivity index (χ1n) is 5.75. The molecule has 0 saturated carbocycles. The van der Waals surface area contributed by atoms with E-state index in [2.05, 4.69) is 5.32 Å². The maximum Gasteiger partial charge on any atom is 0.326 e. The highest BCUT2D eigenvalue weighted by atomic mass is 16.5. The SMILES string of the molecule is COC(C)(C)CC(=O)N[C@@H](CC(C)C)C(=O)O. The van der Waals surface area contributed by atoms with Gasteiger partial charge in [-0.3, -0.25) is 4.79 Å². The lowest BCUT2D eigenvalue weighted by atomic mass is 10.0. The summed E-state index contributed by atoms with van der Waals surface area (Å²) >= 11 is 0. The fourth-order valence-corrected chi connectivity index (χ4v) is 1.40. The van der Waals surface area contributed by atoms with Gasteiger partial charge in [0.25, 0.3) is 0 Å². The summed E-state index contributed by atoms with van der Waals surface area (Å²) in [6.45, 7) is 7.40. The number of carboxylic acid groups (broad SMARTS) is 1. The number of aliphatic carboxylic acids is 1. The smallest absolute Gasteiger partial charge is 0.326 e. The highest BCUT2D eigenvalue weighted by molar-refractivity contribution is 5.83. The number of hydrogen-bond acceptors (Lipinski definition) is 3. The number of carbonyl (C=O) groups is 2. The Morgan fingerprint density at radius 2 is 1.88 bits per heavy atom. The molecular weight excluding hydrogens is 222 g/mol. The number of rotatable bonds is 7. The molecule has 0 aromatic rings. The maximum atomic E-state index is 11.7. The monoisotopic (exact) mass is 245 g/mol. The first kappa shape index (κ1) is 15.9. The van der Waals surface area contributed by atoms with Gasteiger partial charge in [0.1, 0.15) is 6.04 Å². The van der Waals surface area contributed by atoms with E-state index in [1.165, 1.54) is 7.11 Å². The van der Waals surface area contributed by atoms with Gasteiger partial charge < -0.3 is 15.2 Å². The van der Waals surface area contributed by atoms with E-state index >= 15 is 0 Å². The first-order chi connectivity index (χ1) is 7.68. The quantitative estimate of drug-likeness (QED) is 0.711. The molecule has 0 heterocycles. The van der Waals surface area contributed by atoms with E-state index in [1.807, 2.05) is 13.8 Å². The zero-order chi connectivity index (χ0) is 13.6. The Hall–Kier alpha value is -1.10. The van der Waals surface area contributed by atoms with Crippen molar-refractivity contribution in [1.82, 2.24) is 5.32 Å². The Balaban J connectivity index is 4.37. The van der Waals surface area contributed by atoms with Crippen molar-refractivity contribution in [1.29, 1.82) is 0 Å². The van der Waals surface area contributed by atoms with Crippen LogP contribution in [0.3, 0.4) is 0 Å². The zero-order valence-electron chi connectivity index (χ0n) is 11.2. The third-order valence-electron chi connectivity index (χ3n) is 2.48. The molecule has 0 aliphatic carbocycles. The number of methoxy groups -OCH3 is 1. The first-order valence-corrected chi connectivity index (χ1v) is 5.75. The van der Waals surface area contributed by atoms with Gasteiger partial charge in [-0.1, -0.05) is 13.8 Å². The number of carbonyl (C=O) groups excluding carboxylic acids is 1. The highest BCUT2D eigenvalue weighted by Gasteiger charge is 2.25. The van der Waals surface area contributed by atoms with Crippen molar-refractivity contribution in [3.8, 4) is 0 Å². The molecule has 0 aromatic carbocycles. The van der Waals surface area contributed by atoms with Gasteiger partial charge in [-0.15, -0.1) is 0 Å². The summed E-state index contributed by atoms with van der Waals surface area (Å²) in [6.07, 6.45) is 0.569. The predicted octanol–water partition coefficient (Wildman–Crippen LogP) is 1.42. The third-order valence-corrected chi connectivity index (χ3v) is 2.48. The molecule has 0 saturated heterocycles. The fraction of sp³-hybridized carbons (Fsp3) is 0.833. The lowest BCUT2D eigenvalue weighted by molar-refractivity contribution is -0.143. The van der Waals surface area contributed by atoms with Crippen molar-refractivity contribution in [3.05, 3.63) is 0 Å². The van der Waals surface area contributed by atoms with E-state index in [4.69, 9.17) is 9.84 Å². The topological polar surface area (TPSA) is 75.6 Å². The Bertz CT molecular complexity index is 274. The Morgan fingerprint density at radius 1 is 1.35 bits per heavy atom. The molecule has 0 rings (SSSR count). The standard InChI is InChI=1S/C12H23NO4/c1-8(2)6-9(11(15)16)13-10(14)7-12(3,4)17-5/h8-9H,6-7H2,1-5H3,(H,13,14)(H,15,16)/t9-/m0/s1. The summed E-state index contributed by atoms with van der Waals surface area (Å²) in [6, 6.07) is -0.824. The van der Waals surface area contributed by atoms with Crippen LogP contribution in [0.2, 0.25) is 0 Å². The lowest BCUT2D eigenvalue weighted by Gasteiger charge is -2.23. The molecule has 2 N–H and O–H groups in total. The number of amides is 1. The molecule has 0 spiro atoms. The summed E-state index contributed by atoms with van der Waals surface area (Å²) in [7, 11) is 1.52. The molecule has 0 aliphatic rings. The van der Waals surface area contributed by atoms with Crippen LogP contribution < -0.4 is 5.32 Å². The predicted molar refractivity (Wildman–Crippen MR) is 64.7 cm³/mol. The number of carboxylic acids is 1. The summed E-state index contributed by atoms with van der Waals surface area (Å²) in [5.41, 5.74) is -0.578. The lowest BCUT2D eigenvalue weighted by Crippen LogP contribution is -2.44. The van der Waals surface area contributed by atoms with Gasteiger partial charge in [0.15, 0.2) is 0 Å². The van der Waals surface area contributed by atoms with E-state index in [9.17, 15) is 9.59 Å². The normalized spacial score (nSPS) is 13.5. The van der Waals surface area contributed by atoms with Crippen LogP contribution >= 0.6 is 0 Å². The Kier molecular flexibility index (Phi) is 6.16. The molecule has 1 atom stereocenters. The molecule has 0 bridgehead atoms. The van der Waals surface area contributed by atoms with Crippen molar-refractivity contribution >= 4 is 11.9 Å². The van der Waals surface area contributed by atoms with Gasteiger partial charge in [0.05, 0.1) is 12.0 Å². The summed E-state index contributed by atoms with van der Waals surface area (Å²) < 4.78 is 5.12. The average Bonchev–Trinajstić information content (AvgIpc) is 2.15. The molecule has 0 unspecified atom stereocenters. The molecule has 17 heavy (non-hydrogen) atoms. The highest BCUT2D eigenvalue weighted by Crippen LogP contribution is 2.13. The van der Waals surface area contributed by atoms with Crippen molar-refractivity contribution < 1.29 is 19.4 Å². The summed E-state index contributed by atoms with van der Waals surface area (Å²) in [5, 5.41) is 11.5. The molecule has 0 fully saturated rings. The number of ether oxygens (including phenoxy) is 1. The van der Waals surface area contributed by atoms with Gasteiger partial charge in [-0.2, -0.15) is 0 Å². The molecular formula is C12H23NO4. The second-order valence-corrected chi connectivity index (χ2v) is 5.23. The minimum atomic E-state index is -0.998. The third kappa shape index (κ3) is 6.94. The van der Waals surface area contributed by atoms with Crippen molar-refractivity contribution in [3.63, 3.8) is 0 Å². The molecule has 0 radical (unpaired) electrons.